The van der Waals surface area contributed by atoms with E-state index in [0.717, 1.165) is 0 Å². The minimum absolute atomic E-state index is 0.246. The van der Waals surface area contributed by atoms with Gasteiger partial charge in [-0.3, -0.25) is 9.69 Å². The lowest BCUT2D eigenvalue weighted by molar-refractivity contribution is -0.113. The van der Waals surface area contributed by atoms with E-state index in [1.165, 1.54) is 29.3 Å². The Bertz CT molecular complexity index is 798. The van der Waals surface area contributed by atoms with Gasteiger partial charge >= 0.3 is 0 Å². The zero-order valence-electron chi connectivity index (χ0n) is 12.9. The predicted molar refractivity (Wildman–Crippen MR) is 88.9 cm³/mol. The largest absolute Gasteiger partial charge is 0.497 e. The van der Waals surface area contributed by atoms with Crippen LogP contribution in [0.25, 0.3) is 5.57 Å². The first-order valence-electron chi connectivity index (χ1n) is 7.26. The Labute approximate surface area is 138 Å². The summed E-state index contributed by atoms with van der Waals surface area (Å²) in [6, 6.07) is 12.2. The lowest BCUT2D eigenvalue weighted by Gasteiger charge is -2.24. The molecule has 0 aromatic heterocycles. The van der Waals surface area contributed by atoms with Crippen molar-refractivity contribution in [2.45, 2.75) is 6.04 Å². The molecule has 5 nitrogen and oxygen atoms in total. The molecule has 1 atom stereocenters. The predicted octanol–water partition coefficient (Wildman–Crippen LogP) is 3.09. The third-order valence-corrected chi connectivity index (χ3v) is 3.85. The van der Waals surface area contributed by atoms with Crippen LogP contribution in [-0.4, -0.2) is 30.5 Å². The van der Waals surface area contributed by atoms with Crippen LogP contribution in [0.2, 0.25) is 0 Å². The van der Waals surface area contributed by atoms with Gasteiger partial charge in [0.05, 0.1) is 13.3 Å². The van der Waals surface area contributed by atoms with Gasteiger partial charge in [-0.05, 0) is 47.5 Å². The van der Waals surface area contributed by atoms with Gasteiger partial charge in [0.1, 0.15) is 17.6 Å². The van der Waals surface area contributed by atoms with E-state index in [0.29, 0.717) is 22.6 Å². The summed E-state index contributed by atoms with van der Waals surface area (Å²) in [5, 5.41) is 12.1. The first-order valence-corrected chi connectivity index (χ1v) is 7.26. The van der Waals surface area contributed by atoms with E-state index in [1.807, 2.05) is 0 Å². The molecule has 1 aliphatic rings. The zero-order chi connectivity index (χ0) is 17.1. The van der Waals surface area contributed by atoms with Crippen molar-refractivity contribution >= 4 is 23.4 Å². The van der Waals surface area contributed by atoms with Crippen molar-refractivity contribution < 1.29 is 19.1 Å². The highest BCUT2D eigenvalue weighted by atomic mass is 19.1. The van der Waals surface area contributed by atoms with Gasteiger partial charge in [-0.2, -0.15) is 0 Å². The highest BCUT2D eigenvalue weighted by Crippen LogP contribution is 2.32. The number of anilines is 1. The number of hydrogen-bond acceptors (Lipinski definition) is 4. The highest BCUT2D eigenvalue weighted by Gasteiger charge is 2.33. The maximum atomic E-state index is 13.1. The van der Waals surface area contributed by atoms with E-state index < -0.39 is 6.04 Å². The number of benzene rings is 2. The number of carbonyl (C=O) groups is 1. The van der Waals surface area contributed by atoms with Gasteiger partial charge in [0.15, 0.2) is 0 Å². The van der Waals surface area contributed by atoms with Crippen LogP contribution in [-0.2, 0) is 4.79 Å². The van der Waals surface area contributed by atoms with E-state index >= 15 is 0 Å². The Morgan fingerprint density at radius 2 is 1.83 bits per heavy atom. The minimum atomic E-state index is -0.582. The average Bonchev–Trinajstić information content (AvgIpc) is 2.92. The minimum Gasteiger partial charge on any atom is -0.497 e. The second-order valence-corrected chi connectivity index (χ2v) is 5.22. The maximum absolute atomic E-state index is 13.1. The molecular weight excluding hydrogens is 311 g/mol. The summed E-state index contributed by atoms with van der Waals surface area (Å²) in [7, 11) is 1.56. The van der Waals surface area contributed by atoms with Gasteiger partial charge in [-0.1, -0.05) is 17.3 Å². The molecule has 0 radical (unpaired) electrons. The van der Waals surface area contributed by atoms with Crippen molar-refractivity contribution in [3.63, 3.8) is 0 Å². The highest BCUT2D eigenvalue weighted by molar-refractivity contribution is 6.17. The van der Waals surface area contributed by atoms with Crippen LogP contribution in [0.1, 0.15) is 5.56 Å². The molecule has 0 saturated carbocycles. The van der Waals surface area contributed by atoms with E-state index in [9.17, 15) is 9.18 Å². The fourth-order valence-electron chi connectivity index (χ4n) is 2.70. The Kier molecular flexibility index (Phi) is 4.29. The Hall–Kier alpha value is -3.15. The van der Waals surface area contributed by atoms with Crippen LogP contribution in [0.15, 0.2) is 59.8 Å². The molecular formula is C18H15FN2O3. The number of halogens is 1. The summed E-state index contributed by atoms with van der Waals surface area (Å²) < 4.78 is 18.2. The van der Waals surface area contributed by atoms with Crippen molar-refractivity contribution in [3.8, 4) is 5.75 Å². The number of rotatable bonds is 4. The van der Waals surface area contributed by atoms with E-state index in [1.54, 1.807) is 43.5 Å². The number of hydrogen-bond donors (Lipinski definition) is 1. The molecule has 0 aliphatic carbocycles. The summed E-state index contributed by atoms with van der Waals surface area (Å²) in [6.07, 6.45) is 2.73. The quantitative estimate of drug-likeness (QED) is 0.533. The second-order valence-electron chi connectivity index (χ2n) is 5.22. The third-order valence-electron chi connectivity index (χ3n) is 3.85. The summed E-state index contributed by atoms with van der Waals surface area (Å²) in [6.45, 7) is 0. The van der Waals surface area contributed by atoms with Crippen LogP contribution in [0.5, 0.6) is 5.75 Å². The molecule has 0 fully saturated rings. The molecule has 0 saturated heterocycles. The third kappa shape index (κ3) is 2.86. The average molecular weight is 326 g/mol. The molecule has 2 aromatic rings. The summed E-state index contributed by atoms with van der Waals surface area (Å²) in [5.41, 5.74) is 1.96. The van der Waals surface area contributed by atoms with E-state index in [2.05, 4.69) is 5.16 Å². The van der Waals surface area contributed by atoms with Gasteiger partial charge in [0, 0.05) is 11.8 Å². The molecule has 1 N–H and O–H groups in total. The first kappa shape index (κ1) is 15.7. The van der Waals surface area contributed by atoms with Gasteiger partial charge < -0.3 is 9.94 Å². The molecule has 0 bridgehead atoms. The van der Waals surface area contributed by atoms with Crippen LogP contribution in [0, 0.1) is 5.82 Å². The number of amides is 1. The molecule has 122 valence electrons. The molecule has 1 aliphatic heterocycles. The van der Waals surface area contributed by atoms with Crippen molar-refractivity contribution in [2.75, 3.05) is 12.0 Å². The molecule has 0 spiro atoms. The second kappa shape index (κ2) is 6.54. The van der Waals surface area contributed by atoms with Crippen LogP contribution >= 0.6 is 0 Å². The molecule has 2 aromatic carbocycles. The number of carbonyl (C=O) groups excluding carboxylic acids is 1. The van der Waals surface area contributed by atoms with Gasteiger partial charge in [0.25, 0.3) is 5.91 Å². The first-order chi connectivity index (χ1) is 11.6. The Balaban J connectivity index is 1.99. The molecule has 6 heteroatoms. The summed E-state index contributed by atoms with van der Waals surface area (Å²) in [5.74, 6) is 0.0666. The standard InChI is InChI=1S/C18H15FN2O3/c1-24-15-8-6-14(7-9-15)21-17(11-20-23)16(10-18(21)22)12-2-4-13(19)5-3-12/h2-11,17,23H,1H3/b20-11-/t17-/m1/s1. The van der Waals surface area contributed by atoms with Crippen molar-refractivity contribution in [1.82, 2.24) is 0 Å². The SMILES string of the molecule is COc1ccc(N2C(=O)C=C(c3ccc(F)cc3)[C@H]2/C=N\O)cc1. The Morgan fingerprint density at radius 3 is 2.42 bits per heavy atom. The van der Waals surface area contributed by atoms with Gasteiger partial charge in [-0.15, -0.1) is 0 Å². The maximum Gasteiger partial charge on any atom is 0.252 e. The van der Waals surface area contributed by atoms with Gasteiger partial charge in [-0.25, -0.2) is 4.39 Å². The van der Waals surface area contributed by atoms with Crippen LogP contribution in [0.3, 0.4) is 0 Å². The lowest BCUT2D eigenvalue weighted by atomic mass is 10.0. The van der Waals surface area contributed by atoms with Crippen LogP contribution < -0.4 is 9.64 Å². The number of oxime groups is 1. The summed E-state index contributed by atoms with van der Waals surface area (Å²) in [4.78, 5) is 14.0. The fraction of sp³-hybridized carbons (Fsp3) is 0.111. The molecule has 1 heterocycles. The topological polar surface area (TPSA) is 62.1 Å². The smallest absolute Gasteiger partial charge is 0.252 e. The van der Waals surface area contributed by atoms with E-state index in [-0.39, 0.29) is 11.7 Å². The Morgan fingerprint density at radius 1 is 1.17 bits per heavy atom. The normalized spacial score (nSPS) is 17.4. The van der Waals surface area contributed by atoms with Crippen molar-refractivity contribution in [3.05, 3.63) is 66.0 Å². The molecule has 0 unspecified atom stereocenters. The zero-order valence-corrected chi connectivity index (χ0v) is 12.9. The molecule has 3 rings (SSSR count). The van der Waals surface area contributed by atoms with Crippen molar-refractivity contribution in [2.24, 2.45) is 5.16 Å². The monoisotopic (exact) mass is 326 g/mol. The summed E-state index contributed by atoms with van der Waals surface area (Å²) >= 11 is 0. The number of ether oxygens (including phenoxy) is 1. The molecule has 1 amide bonds. The van der Waals surface area contributed by atoms with Gasteiger partial charge in [0.2, 0.25) is 0 Å². The fourth-order valence-corrected chi connectivity index (χ4v) is 2.70. The lowest BCUT2D eigenvalue weighted by Crippen LogP contribution is -2.36. The number of methoxy groups -OCH3 is 1. The van der Waals surface area contributed by atoms with E-state index in [4.69, 9.17) is 9.94 Å². The van der Waals surface area contributed by atoms with Crippen molar-refractivity contribution in [1.29, 1.82) is 0 Å². The molecule has 24 heavy (non-hydrogen) atoms. The number of nitrogens with zero attached hydrogens (tertiary/aromatic N) is 2. The van der Waals surface area contributed by atoms with Crippen LogP contribution in [0.4, 0.5) is 10.1 Å².